The van der Waals surface area contributed by atoms with Gasteiger partial charge < -0.3 is 9.30 Å². The van der Waals surface area contributed by atoms with Crippen LogP contribution in [0.3, 0.4) is 0 Å². The van der Waals surface area contributed by atoms with Crippen LogP contribution in [0.25, 0.3) is 16.7 Å². The van der Waals surface area contributed by atoms with E-state index in [1.54, 1.807) is 54.2 Å². The van der Waals surface area contributed by atoms with Crippen molar-refractivity contribution in [3.05, 3.63) is 82.0 Å². The molecule has 4 rings (SSSR count). The largest absolute Gasteiger partial charge is 0.462 e. The summed E-state index contributed by atoms with van der Waals surface area (Å²) in [6.45, 7) is 4.25. The number of aryl methyl sites for hydroxylation is 1. The van der Waals surface area contributed by atoms with Crippen LogP contribution >= 0.6 is 0 Å². The molecule has 9 nitrogen and oxygen atoms in total. The number of esters is 1. The van der Waals surface area contributed by atoms with E-state index in [0.717, 1.165) is 12.8 Å². The molecule has 0 spiro atoms. The molecule has 4 heterocycles. The lowest BCUT2D eigenvalue weighted by atomic mass is 10.2. The highest BCUT2D eigenvalue weighted by atomic mass is 16.5. The summed E-state index contributed by atoms with van der Waals surface area (Å²) in [5.41, 5.74) is 0.902. The van der Waals surface area contributed by atoms with Gasteiger partial charge in [0.15, 0.2) is 5.49 Å². The van der Waals surface area contributed by atoms with E-state index < -0.39 is 11.9 Å². The molecule has 0 aromatic carbocycles. The number of hydrogen-bond donors (Lipinski definition) is 0. The van der Waals surface area contributed by atoms with Crippen molar-refractivity contribution in [1.29, 1.82) is 0 Å². The molecule has 168 valence electrons. The fraction of sp³-hybridized carbons (Fsp3) is 0.250. The molecular weight excluding hydrogens is 422 g/mol. The van der Waals surface area contributed by atoms with Crippen LogP contribution in [0.15, 0.2) is 64.8 Å². The quantitative estimate of drug-likeness (QED) is 0.334. The van der Waals surface area contributed by atoms with Crippen molar-refractivity contribution in [3.8, 4) is 0 Å². The van der Waals surface area contributed by atoms with Crippen molar-refractivity contribution < 1.29 is 14.3 Å². The summed E-state index contributed by atoms with van der Waals surface area (Å²) in [7, 11) is 0. The molecule has 1 amide bonds. The second-order valence-electron chi connectivity index (χ2n) is 7.35. The fourth-order valence-electron chi connectivity index (χ4n) is 3.54. The number of carbonyl (C=O) groups is 2. The van der Waals surface area contributed by atoms with Crippen molar-refractivity contribution in [2.45, 2.75) is 33.2 Å². The maximum atomic E-state index is 13.3. The Morgan fingerprint density at radius 1 is 1.15 bits per heavy atom. The van der Waals surface area contributed by atoms with Crippen molar-refractivity contribution in [1.82, 2.24) is 18.9 Å². The van der Waals surface area contributed by atoms with E-state index in [2.05, 4.69) is 15.0 Å². The Bertz CT molecular complexity index is 1470. The molecule has 0 saturated heterocycles. The second kappa shape index (κ2) is 9.56. The van der Waals surface area contributed by atoms with E-state index in [4.69, 9.17) is 4.74 Å². The molecule has 4 aromatic heterocycles. The van der Waals surface area contributed by atoms with Gasteiger partial charge >= 0.3 is 5.97 Å². The maximum Gasteiger partial charge on any atom is 0.341 e. The van der Waals surface area contributed by atoms with Gasteiger partial charge in [-0.25, -0.2) is 9.78 Å². The van der Waals surface area contributed by atoms with Crippen LogP contribution in [0.1, 0.15) is 47.4 Å². The molecular formula is C24H23N5O4. The van der Waals surface area contributed by atoms with Crippen molar-refractivity contribution in [2.24, 2.45) is 4.99 Å². The molecule has 0 aliphatic rings. The summed E-state index contributed by atoms with van der Waals surface area (Å²) in [4.78, 5) is 52.0. The number of hydrogen-bond acceptors (Lipinski definition) is 6. The Morgan fingerprint density at radius 3 is 2.73 bits per heavy atom. The molecule has 33 heavy (non-hydrogen) atoms. The third kappa shape index (κ3) is 4.30. The van der Waals surface area contributed by atoms with E-state index in [9.17, 15) is 14.4 Å². The first-order valence-electron chi connectivity index (χ1n) is 10.8. The number of ether oxygens (including phenoxy) is 1. The molecule has 4 aromatic rings. The van der Waals surface area contributed by atoms with E-state index in [-0.39, 0.29) is 34.2 Å². The minimum Gasteiger partial charge on any atom is -0.462 e. The van der Waals surface area contributed by atoms with Gasteiger partial charge in [0.1, 0.15) is 16.9 Å². The maximum absolute atomic E-state index is 13.3. The zero-order chi connectivity index (χ0) is 23.4. The number of pyridine rings is 3. The van der Waals surface area contributed by atoms with E-state index in [1.165, 1.54) is 16.7 Å². The SMILES string of the molecule is CCCCn1c(=NC(=O)c2cccnc2)c(C(=O)OCC)cc2c(=O)n3ccccc3nc21. The molecule has 0 aliphatic heterocycles. The van der Waals surface area contributed by atoms with Crippen LogP contribution in [-0.2, 0) is 11.3 Å². The highest BCUT2D eigenvalue weighted by molar-refractivity contribution is 5.97. The molecule has 0 fully saturated rings. The Balaban J connectivity index is 2.12. The zero-order valence-corrected chi connectivity index (χ0v) is 18.4. The minimum atomic E-state index is -0.667. The molecule has 0 atom stereocenters. The molecule has 0 N–H and O–H groups in total. The topological polar surface area (TPSA) is 108 Å². The zero-order valence-electron chi connectivity index (χ0n) is 18.4. The van der Waals surface area contributed by atoms with Crippen LogP contribution in [0, 0.1) is 0 Å². The molecule has 0 radical (unpaired) electrons. The van der Waals surface area contributed by atoms with Crippen LogP contribution in [-0.4, -0.2) is 37.4 Å². The van der Waals surface area contributed by atoms with Crippen LogP contribution in [0.2, 0.25) is 0 Å². The summed E-state index contributed by atoms with van der Waals surface area (Å²) < 4.78 is 8.30. The van der Waals surface area contributed by atoms with Crippen molar-refractivity contribution in [3.63, 3.8) is 0 Å². The number of rotatable bonds is 6. The number of unbranched alkanes of at least 4 members (excludes halogenated alkanes) is 1. The van der Waals surface area contributed by atoms with Gasteiger partial charge in [-0.1, -0.05) is 19.4 Å². The number of amides is 1. The third-order valence-electron chi connectivity index (χ3n) is 5.14. The number of aromatic nitrogens is 4. The van der Waals surface area contributed by atoms with E-state index >= 15 is 0 Å². The lowest BCUT2D eigenvalue weighted by molar-refractivity contribution is 0.0523. The predicted octanol–water partition coefficient (Wildman–Crippen LogP) is 2.76. The van der Waals surface area contributed by atoms with Crippen molar-refractivity contribution >= 4 is 28.6 Å². The summed E-state index contributed by atoms with van der Waals surface area (Å²) >= 11 is 0. The van der Waals surface area contributed by atoms with Gasteiger partial charge in [-0.15, -0.1) is 0 Å². The Hall–Kier alpha value is -4.14. The van der Waals surface area contributed by atoms with Crippen LogP contribution in [0.5, 0.6) is 0 Å². The van der Waals surface area contributed by atoms with Gasteiger partial charge in [-0.05, 0) is 43.7 Å². The summed E-state index contributed by atoms with van der Waals surface area (Å²) in [5.74, 6) is -1.23. The highest BCUT2D eigenvalue weighted by Gasteiger charge is 2.20. The fourth-order valence-corrected chi connectivity index (χ4v) is 3.54. The van der Waals surface area contributed by atoms with Gasteiger partial charge in [-0.2, -0.15) is 4.99 Å². The predicted molar refractivity (Wildman–Crippen MR) is 122 cm³/mol. The van der Waals surface area contributed by atoms with Gasteiger partial charge in [0.2, 0.25) is 0 Å². The molecule has 0 bridgehead atoms. The Labute approximate surface area is 189 Å². The Morgan fingerprint density at radius 2 is 2.00 bits per heavy atom. The first-order valence-corrected chi connectivity index (χ1v) is 10.8. The number of nitrogens with zero attached hydrogens (tertiary/aromatic N) is 5. The molecule has 0 unspecified atom stereocenters. The first kappa shape index (κ1) is 22.1. The Kier molecular flexibility index (Phi) is 6.39. The first-order chi connectivity index (χ1) is 16.0. The minimum absolute atomic E-state index is 0.0347. The normalized spacial score (nSPS) is 11.8. The third-order valence-corrected chi connectivity index (χ3v) is 5.14. The summed E-state index contributed by atoms with van der Waals surface area (Å²) in [5, 5.41) is 0.241. The van der Waals surface area contributed by atoms with Crippen LogP contribution < -0.4 is 11.0 Å². The van der Waals surface area contributed by atoms with Crippen LogP contribution in [0.4, 0.5) is 0 Å². The average molecular weight is 445 g/mol. The van der Waals surface area contributed by atoms with E-state index in [0.29, 0.717) is 17.8 Å². The molecule has 0 aliphatic carbocycles. The number of carbonyl (C=O) groups excluding carboxylic acids is 2. The van der Waals surface area contributed by atoms with Gasteiger partial charge in [0.05, 0.1) is 17.6 Å². The molecule has 0 saturated carbocycles. The average Bonchev–Trinajstić information content (AvgIpc) is 2.84. The standard InChI is InChI=1S/C24H23N5O4/c1-3-5-12-29-20-17(23(31)28-13-7-6-10-19(28)26-20)14-18(24(32)33-4-2)21(29)27-22(30)16-9-8-11-25-15-16/h6-11,13-15H,3-5,12H2,1-2H3. The second-order valence-corrected chi connectivity index (χ2v) is 7.35. The van der Waals surface area contributed by atoms with Crippen molar-refractivity contribution in [2.75, 3.05) is 6.61 Å². The molecule has 9 heteroatoms. The van der Waals surface area contributed by atoms with E-state index in [1.807, 2.05) is 6.92 Å². The summed E-state index contributed by atoms with van der Waals surface area (Å²) in [6, 6.07) is 9.89. The summed E-state index contributed by atoms with van der Waals surface area (Å²) in [6.07, 6.45) is 6.16. The van der Waals surface area contributed by atoms with Gasteiger partial charge in [-0.3, -0.25) is 19.0 Å². The van der Waals surface area contributed by atoms with Gasteiger partial charge in [0, 0.05) is 25.1 Å². The lowest BCUT2D eigenvalue weighted by Gasteiger charge is -2.15. The smallest absolute Gasteiger partial charge is 0.341 e. The lowest BCUT2D eigenvalue weighted by Crippen LogP contribution is -2.33. The van der Waals surface area contributed by atoms with Gasteiger partial charge in [0.25, 0.3) is 11.5 Å². The monoisotopic (exact) mass is 445 g/mol. The highest BCUT2D eigenvalue weighted by Crippen LogP contribution is 2.13. The number of fused-ring (bicyclic) bond motifs is 2.